The molecule has 10 heteroatoms. The van der Waals surface area contributed by atoms with Crippen LogP contribution in [-0.4, -0.2) is 55.4 Å². The van der Waals surface area contributed by atoms with Gasteiger partial charge in [0.05, 0.1) is 17.7 Å². The van der Waals surface area contributed by atoms with Gasteiger partial charge in [-0.25, -0.2) is 8.78 Å². The zero-order valence-corrected chi connectivity index (χ0v) is 24.5. The largest absolute Gasteiger partial charge is 0.394 e. The quantitative estimate of drug-likeness (QED) is 0.210. The van der Waals surface area contributed by atoms with E-state index in [0.717, 1.165) is 11.1 Å². The van der Waals surface area contributed by atoms with Gasteiger partial charge in [-0.3, -0.25) is 9.59 Å². The minimum absolute atomic E-state index is 0.0274. The number of aliphatic hydroxyl groups is 2. The Morgan fingerprint density at radius 1 is 1.05 bits per heavy atom. The van der Waals surface area contributed by atoms with E-state index < -0.39 is 17.7 Å². The molecule has 220 valence electrons. The summed E-state index contributed by atoms with van der Waals surface area (Å²) in [6, 6.07) is 9.04. The lowest BCUT2D eigenvalue weighted by Gasteiger charge is -2.22. The van der Waals surface area contributed by atoms with E-state index in [2.05, 4.69) is 43.6 Å². The summed E-state index contributed by atoms with van der Waals surface area (Å²) < 4.78 is 26.8. The molecule has 2 amide bonds. The Balaban J connectivity index is 0.000000750. The van der Waals surface area contributed by atoms with Gasteiger partial charge < -0.3 is 26.2 Å². The summed E-state index contributed by atoms with van der Waals surface area (Å²) in [5.74, 6) is -0.779. The number of anilines is 1. The monoisotopic (exact) mass is 571 g/mol. The molecule has 1 fully saturated rings. The van der Waals surface area contributed by atoms with Crippen molar-refractivity contribution in [3.05, 3.63) is 64.2 Å². The van der Waals surface area contributed by atoms with E-state index in [1.165, 1.54) is 18.2 Å². The van der Waals surface area contributed by atoms with E-state index in [1.54, 1.807) is 18.2 Å². The van der Waals surface area contributed by atoms with Gasteiger partial charge in [-0.2, -0.15) is 0 Å². The van der Waals surface area contributed by atoms with Gasteiger partial charge >= 0.3 is 0 Å². The molecule has 0 spiro atoms. The van der Waals surface area contributed by atoms with Gasteiger partial charge in [0.15, 0.2) is 0 Å². The van der Waals surface area contributed by atoms with Crippen molar-refractivity contribution in [2.45, 2.75) is 65.9 Å². The minimum Gasteiger partial charge on any atom is -0.394 e. The summed E-state index contributed by atoms with van der Waals surface area (Å²) >= 11 is 5.88. The van der Waals surface area contributed by atoms with Crippen molar-refractivity contribution in [3.8, 4) is 0 Å². The molecule has 1 aliphatic rings. The first-order valence-corrected chi connectivity index (χ1v) is 13.4. The predicted octanol–water partition coefficient (Wildman–Crippen LogP) is 5.21. The lowest BCUT2D eigenvalue weighted by atomic mass is 9.83. The lowest BCUT2D eigenvalue weighted by Crippen LogP contribution is -2.21. The van der Waals surface area contributed by atoms with E-state index in [1.807, 2.05) is 13.8 Å². The van der Waals surface area contributed by atoms with Crippen LogP contribution in [0.1, 0.15) is 70.9 Å². The van der Waals surface area contributed by atoms with Gasteiger partial charge in [0.2, 0.25) is 12.8 Å². The number of amides is 2. The normalized spacial score (nSPS) is 16.7. The van der Waals surface area contributed by atoms with E-state index in [9.17, 15) is 18.4 Å². The van der Waals surface area contributed by atoms with Crippen molar-refractivity contribution >= 4 is 30.1 Å². The zero-order valence-electron chi connectivity index (χ0n) is 23.7. The third kappa shape index (κ3) is 15.0. The summed E-state index contributed by atoms with van der Waals surface area (Å²) in [5.41, 5.74) is 2.70. The zero-order chi connectivity index (χ0) is 30.0. The molecule has 3 unspecified atom stereocenters. The molecule has 5 N–H and O–H groups in total. The number of halogens is 3. The Bertz CT molecular complexity index is 983. The van der Waals surface area contributed by atoms with Crippen LogP contribution in [-0.2, 0) is 9.59 Å². The van der Waals surface area contributed by atoms with Crippen molar-refractivity contribution < 1.29 is 28.6 Å². The van der Waals surface area contributed by atoms with E-state index in [4.69, 9.17) is 21.8 Å². The van der Waals surface area contributed by atoms with Crippen LogP contribution in [0, 0.1) is 17.0 Å². The van der Waals surface area contributed by atoms with Crippen LogP contribution in [0.3, 0.4) is 0 Å². The van der Waals surface area contributed by atoms with E-state index >= 15 is 0 Å². The maximum absolute atomic E-state index is 13.4. The maximum atomic E-state index is 13.4. The molecule has 0 saturated carbocycles. The molecular weight excluding hydrogens is 528 g/mol. The minimum atomic E-state index is -0.711. The fraction of sp³-hybridized carbons (Fsp3) is 0.517. The van der Waals surface area contributed by atoms with Crippen LogP contribution in [0.4, 0.5) is 14.5 Å². The summed E-state index contributed by atoms with van der Waals surface area (Å²) in [4.78, 5) is 20.4. The second-order valence-electron chi connectivity index (χ2n) is 10.2. The first-order valence-electron chi connectivity index (χ1n) is 13.0. The Labute approximate surface area is 236 Å². The van der Waals surface area contributed by atoms with Gasteiger partial charge in [-0.1, -0.05) is 65.3 Å². The molecule has 0 bridgehead atoms. The topological polar surface area (TPSA) is 111 Å². The second kappa shape index (κ2) is 19.5. The summed E-state index contributed by atoms with van der Waals surface area (Å²) in [7, 11) is 0. The van der Waals surface area contributed by atoms with E-state index in [-0.39, 0.29) is 23.5 Å². The first kappa shape index (κ1) is 36.4. The molecule has 3 atom stereocenters. The maximum Gasteiger partial charge on any atom is 0.211 e. The molecule has 1 heterocycles. The fourth-order valence-corrected chi connectivity index (χ4v) is 3.73. The molecule has 0 aromatic heterocycles. The molecule has 0 aliphatic carbocycles. The predicted molar refractivity (Wildman–Crippen MR) is 154 cm³/mol. The molecule has 0 radical (unpaired) electrons. The smallest absolute Gasteiger partial charge is 0.211 e. The highest BCUT2D eigenvalue weighted by molar-refractivity contribution is 6.30. The number of hydrogen-bond acceptors (Lipinski definition) is 5. The Kier molecular flexibility index (Phi) is 18.2. The summed E-state index contributed by atoms with van der Waals surface area (Å²) in [6.07, 6.45) is 0.779. The first-order chi connectivity index (χ1) is 18.4. The Morgan fingerprint density at radius 2 is 1.67 bits per heavy atom. The number of benzene rings is 2. The van der Waals surface area contributed by atoms with Crippen LogP contribution in [0.15, 0.2) is 36.4 Å². The van der Waals surface area contributed by atoms with Gasteiger partial charge in [0.1, 0.15) is 11.6 Å². The lowest BCUT2D eigenvalue weighted by molar-refractivity contribution is -0.109. The number of carbonyl (C=O) groups excluding carboxylic acids is 2. The van der Waals surface area contributed by atoms with Crippen molar-refractivity contribution in [2.24, 2.45) is 5.41 Å². The molecular formula is C29H44ClF2N3O4. The number of rotatable bonds is 9. The average molecular weight is 572 g/mol. The molecule has 39 heavy (non-hydrogen) atoms. The van der Waals surface area contributed by atoms with Crippen molar-refractivity contribution in [2.75, 3.05) is 31.6 Å². The number of aliphatic hydroxyl groups excluding tert-OH is 2. The molecule has 7 nitrogen and oxygen atoms in total. The van der Waals surface area contributed by atoms with Gasteiger partial charge in [0.25, 0.3) is 0 Å². The van der Waals surface area contributed by atoms with E-state index in [0.29, 0.717) is 50.0 Å². The van der Waals surface area contributed by atoms with Crippen molar-refractivity contribution in [1.82, 2.24) is 10.6 Å². The van der Waals surface area contributed by atoms with Crippen LogP contribution in [0.2, 0.25) is 5.02 Å². The number of carbonyl (C=O) groups is 2. The third-order valence-electron chi connectivity index (χ3n) is 5.13. The van der Waals surface area contributed by atoms with Crippen LogP contribution in [0.25, 0.3) is 0 Å². The highest BCUT2D eigenvalue weighted by Gasteiger charge is 2.31. The molecule has 2 aromatic rings. The summed E-state index contributed by atoms with van der Waals surface area (Å²) in [6.45, 7) is 14.3. The average Bonchev–Trinajstić information content (AvgIpc) is 3.36. The summed E-state index contributed by atoms with van der Waals surface area (Å²) in [5, 5.41) is 25.2. The third-order valence-corrected chi connectivity index (χ3v) is 5.42. The van der Waals surface area contributed by atoms with Crippen molar-refractivity contribution in [3.63, 3.8) is 0 Å². The molecule has 1 saturated heterocycles. The highest BCUT2D eigenvalue weighted by Crippen LogP contribution is 2.40. The van der Waals surface area contributed by atoms with Gasteiger partial charge in [-0.05, 0) is 47.2 Å². The molecule has 2 aromatic carbocycles. The fourth-order valence-electron chi connectivity index (χ4n) is 3.54. The SMILES string of the molecule is CC.CC(C)(C)C.O=CNCCC(O)CO.O=CNc1cc(F)ccc1C1CNCC1c1ccc(F)c(Cl)c1. The van der Waals surface area contributed by atoms with Crippen LogP contribution < -0.4 is 16.0 Å². The van der Waals surface area contributed by atoms with Crippen LogP contribution in [0.5, 0.6) is 0 Å². The Morgan fingerprint density at radius 3 is 2.21 bits per heavy atom. The van der Waals surface area contributed by atoms with Gasteiger partial charge in [-0.15, -0.1) is 0 Å². The number of hydrogen-bond donors (Lipinski definition) is 5. The Hall–Kier alpha value is -2.59. The second-order valence-corrected chi connectivity index (χ2v) is 10.6. The number of nitrogens with one attached hydrogen (secondary N) is 3. The van der Waals surface area contributed by atoms with Crippen molar-refractivity contribution in [1.29, 1.82) is 0 Å². The molecule has 3 rings (SSSR count). The highest BCUT2D eigenvalue weighted by atomic mass is 35.5. The molecule has 1 aliphatic heterocycles. The van der Waals surface area contributed by atoms with Gasteiger partial charge in [0, 0.05) is 37.2 Å². The van der Waals surface area contributed by atoms with Crippen LogP contribution >= 0.6 is 11.6 Å². The standard InChI is InChI=1S/C17H15ClF2N2O.C5H11NO3.C5H12.C2H6/c18-15-5-10(1-4-16(15)20)13-7-21-8-14(13)12-3-2-11(19)6-17(12)22-9-23;7-3-5(9)1-2-6-4-8;1-5(2,3)4;1-2/h1-6,9,13-14,21H,7-8H2,(H,22,23);4-5,7,9H,1-3H2,(H,6,8);1-4H3;1-2H3.